The molecule has 0 radical (unpaired) electrons. The lowest BCUT2D eigenvalue weighted by molar-refractivity contribution is -0.161. The van der Waals surface area contributed by atoms with Gasteiger partial charge in [0.2, 0.25) is 5.91 Å². The topological polar surface area (TPSA) is 175 Å². The van der Waals surface area contributed by atoms with E-state index in [0.29, 0.717) is 19.3 Å². The van der Waals surface area contributed by atoms with Crippen LogP contribution in [-0.2, 0) is 42.3 Å². The van der Waals surface area contributed by atoms with Crippen molar-refractivity contribution in [2.75, 3.05) is 19.8 Å². The lowest BCUT2D eigenvalue weighted by Crippen LogP contribution is -2.43. The van der Waals surface area contributed by atoms with E-state index < -0.39 is 57.0 Å². The highest BCUT2D eigenvalue weighted by Gasteiger charge is 2.30. The minimum Gasteiger partial charge on any atom is -0.480 e. The van der Waals surface area contributed by atoms with Gasteiger partial charge in [0.25, 0.3) is 0 Å². The normalized spacial score (nSPS) is 13.4. The molecule has 0 fully saturated rings. The standard InChI is InChI=1S/C61H114NO11P/c1-4-7-10-13-16-19-22-25-28-31-32-35-38-41-44-47-50-58(63)62-57(61(66)67)55-72-74(68,69)71-54-56(73-60(65)52-49-46-43-40-37-34-30-27-24-21-18-15-12-9-6-3)53-70-59(64)51-48-45-42-39-36-33-29-26-23-20-17-14-11-8-5-2/h26-27,29-30,56-57H,4-25,28,31-55H2,1-3H3,(H,62,63)(H,66,67)(H,68,69)/b29-26-,30-27-/t56-,57+/m1/s1. The fourth-order valence-electron chi connectivity index (χ4n) is 8.96. The Morgan fingerprint density at radius 3 is 1.09 bits per heavy atom. The lowest BCUT2D eigenvalue weighted by Gasteiger charge is -2.21. The van der Waals surface area contributed by atoms with Gasteiger partial charge in [0.15, 0.2) is 12.1 Å². The molecular weight excluding hydrogens is 954 g/mol. The Bertz CT molecular complexity index is 1410. The number of carboxylic acids is 1. The molecule has 0 aromatic heterocycles. The quantitative estimate of drug-likeness (QED) is 0.0229. The van der Waals surface area contributed by atoms with Crippen LogP contribution in [0.25, 0.3) is 0 Å². The number of unbranched alkanes of at least 4 members (excludes halogenated alkanes) is 37. The summed E-state index contributed by atoms with van der Waals surface area (Å²) in [5, 5.41) is 12.1. The first-order valence-electron chi connectivity index (χ1n) is 30.8. The Kier molecular flexibility index (Phi) is 53.3. The molecule has 3 N–H and O–H groups in total. The van der Waals surface area contributed by atoms with E-state index in [1.807, 2.05) is 0 Å². The zero-order chi connectivity index (χ0) is 54.3. The first-order chi connectivity index (χ1) is 36.0. The second-order valence-corrected chi connectivity index (χ2v) is 22.5. The van der Waals surface area contributed by atoms with Crippen LogP contribution in [0, 0.1) is 0 Å². The molecule has 1 amide bonds. The number of phosphoric ester groups is 1. The first-order valence-corrected chi connectivity index (χ1v) is 32.3. The largest absolute Gasteiger partial charge is 0.480 e. The molecule has 0 bridgehead atoms. The van der Waals surface area contributed by atoms with Gasteiger partial charge in [-0.25, -0.2) is 9.36 Å². The van der Waals surface area contributed by atoms with Crippen LogP contribution in [0.4, 0.5) is 0 Å². The Hall–Kier alpha value is -2.53. The summed E-state index contributed by atoms with van der Waals surface area (Å²) in [6.07, 6.45) is 57.2. The maximum absolute atomic E-state index is 12.9. The van der Waals surface area contributed by atoms with Crippen molar-refractivity contribution in [1.29, 1.82) is 0 Å². The van der Waals surface area contributed by atoms with Gasteiger partial charge in [0, 0.05) is 19.3 Å². The van der Waals surface area contributed by atoms with Crippen LogP contribution in [0.1, 0.15) is 310 Å². The Balaban J connectivity index is 4.76. The molecule has 0 aliphatic rings. The summed E-state index contributed by atoms with van der Waals surface area (Å²) in [7, 11) is -4.88. The smallest absolute Gasteiger partial charge is 0.472 e. The predicted molar refractivity (Wildman–Crippen MR) is 305 cm³/mol. The SMILES string of the molecule is CCCCCCCC/C=C\CCCCCCCC(=O)OC[C@H](COP(=O)(O)OC[C@H](NC(=O)CCCCCCCCCCCCCCCCCC)C(=O)O)OC(=O)CCCCCCC/C=C\CCCCCCCC. The van der Waals surface area contributed by atoms with Crippen molar-refractivity contribution in [2.45, 2.75) is 322 Å². The number of amides is 1. The number of nitrogens with one attached hydrogen (secondary N) is 1. The summed E-state index contributed by atoms with van der Waals surface area (Å²) in [4.78, 5) is 60.7. The molecule has 0 aliphatic carbocycles. The molecular formula is C61H114NO11P. The van der Waals surface area contributed by atoms with Crippen LogP contribution >= 0.6 is 7.82 Å². The minimum absolute atomic E-state index is 0.129. The zero-order valence-electron chi connectivity index (χ0n) is 47.9. The van der Waals surface area contributed by atoms with E-state index in [9.17, 15) is 33.7 Å². The van der Waals surface area contributed by atoms with Crippen LogP contribution in [0.15, 0.2) is 24.3 Å². The maximum atomic E-state index is 12.9. The number of phosphoric acid groups is 1. The molecule has 434 valence electrons. The Morgan fingerprint density at radius 1 is 0.419 bits per heavy atom. The Labute approximate surface area is 453 Å². The van der Waals surface area contributed by atoms with Crippen LogP contribution in [0.2, 0.25) is 0 Å². The van der Waals surface area contributed by atoms with E-state index in [4.69, 9.17) is 18.5 Å². The molecule has 0 aliphatic heterocycles. The van der Waals surface area contributed by atoms with E-state index in [2.05, 4.69) is 50.4 Å². The number of hydrogen-bond donors (Lipinski definition) is 3. The summed E-state index contributed by atoms with van der Waals surface area (Å²) in [5.41, 5.74) is 0. The summed E-state index contributed by atoms with van der Waals surface area (Å²) in [6.45, 7) is 4.90. The predicted octanol–water partition coefficient (Wildman–Crippen LogP) is 17.9. The molecule has 0 rings (SSSR count). The van der Waals surface area contributed by atoms with Gasteiger partial charge in [-0.2, -0.15) is 0 Å². The second kappa shape index (κ2) is 55.2. The van der Waals surface area contributed by atoms with Crippen LogP contribution in [-0.4, -0.2) is 65.8 Å². The van der Waals surface area contributed by atoms with E-state index in [1.165, 1.54) is 154 Å². The second-order valence-electron chi connectivity index (χ2n) is 21.0. The third kappa shape index (κ3) is 52.9. The van der Waals surface area contributed by atoms with Crippen LogP contribution in [0.5, 0.6) is 0 Å². The van der Waals surface area contributed by atoms with E-state index in [-0.39, 0.29) is 25.9 Å². The number of carbonyl (C=O) groups is 4. The number of aliphatic carboxylic acids is 1. The van der Waals surface area contributed by atoms with Crippen molar-refractivity contribution in [3.05, 3.63) is 24.3 Å². The number of ether oxygens (including phenoxy) is 2. The molecule has 0 aromatic carbocycles. The van der Waals surface area contributed by atoms with E-state index in [0.717, 1.165) is 96.3 Å². The van der Waals surface area contributed by atoms with Crippen molar-refractivity contribution >= 4 is 31.6 Å². The number of allylic oxidation sites excluding steroid dienone is 4. The summed E-state index contributed by atoms with van der Waals surface area (Å²) in [6, 6.07) is -1.58. The first kappa shape index (κ1) is 71.5. The molecule has 0 saturated carbocycles. The minimum atomic E-state index is -4.88. The van der Waals surface area contributed by atoms with Crippen molar-refractivity contribution < 1.29 is 52.3 Å². The van der Waals surface area contributed by atoms with Gasteiger partial charge in [-0.1, -0.05) is 244 Å². The number of carboxylic acid groups (broad SMARTS) is 1. The van der Waals surface area contributed by atoms with Gasteiger partial charge < -0.3 is 24.8 Å². The van der Waals surface area contributed by atoms with Crippen molar-refractivity contribution in [2.24, 2.45) is 0 Å². The molecule has 0 saturated heterocycles. The average Bonchev–Trinajstić information content (AvgIpc) is 3.38. The number of esters is 2. The monoisotopic (exact) mass is 1070 g/mol. The van der Waals surface area contributed by atoms with Gasteiger partial charge in [0.05, 0.1) is 13.2 Å². The maximum Gasteiger partial charge on any atom is 0.472 e. The average molecular weight is 1070 g/mol. The van der Waals surface area contributed by atoms with Gasteiger partial charge in [-0.3, -0.25) is 23.4 Å². The fraction of sp³-hybridized carbons (Fsp3) is 0.869. The molecule has 0 spiro atoms. The highest BCUT2D eigenvalue weighted by Crippen LogP contribution is 2.43. The molecule has 0 heterocycles. The zero-order valence-corrected chi connectivity index (χ0v) is 48.8. The molecule has 3 atom stereocenters. The summed E-state index contributed by atoms with van der Waals surface area (Å²) in [5.74, 6) is -2.92. The lowest BCUT2D eigenvalue weighted by atomic mass is 10.0. The molecule has 74 heavy (non-hydrogen) atoms. The van der Waals surface area contributed by atoms with Gasteiger partial charge in [-0.05, 0) is 70.6 Å². The van der Waals surface area contributed by atoms with E-state index in [1.54, 1.807) is 0 Å². The fourth-order valence-corrected chi connectivity index (χ4v) is 9.72. The highest BCUT2D eigenvalue weighted by atomic mass is 31.2. The number of rotatable bonds is 58. The van der Waals surface area contributed by atoms with Crippen molar-refractivity contribution in [3.63, 3.8) is 0 Å². The molecule has 1 unspecified atom stereocenters. The number of carbonyl (C=O) groups excluding carboxylic acids is 3. The van der Waals surface area contributed by atoms with Crippen LogP contribution < -0.4 is 5.32 Å². The van der Waals surface area contributed by atoms with Gasteiger partial charge >= 0.3 is 25.7 Å². The van der Waals surface area contributed by atoms with Crippen molar-refractivity contribution in [3.8, 4) is 0 Å². The Morgan fingerprint density at radius 2 is 0.730 bits per heavy atom. The third-order valence-electron chi connectivity index (χ3n) is 13.7. The third-order valence-corrected chi connectivity index (χ3v) is 14.7. The molecule has 0 aromatic rings. The molecule has 12 nitrogen and oxygen atoms in total. The van der Waals surface area contributed by atoms with E-state index >= 15 is 0 Å². The van der Waals surface area contributed by atoms with Crippen LogP contribution in [0.3, 0.4) is 0 Å². The summed E-state index contributed by atoms with van der Waals surface area (Å²) >= 11 is 0. The summed E-state index contributed by atoms with van der Waals surface area (Å²) < 4.78 is 34.1. The van der Waals surface area contributed by atoms with Crippen molar-refractivity contribution in [1.82, 2.24) is 5.32 Å². The van der Waals surface area contributed by atoms with Gasteiger partial charge in [-0.15, -0.1) is 0 Å². The van der Waals surface area contributed by atoms with Gasteiger partial charge in [0.1, 0.15) is 6.61 Å². The highest BCUT2D eigenvalue weighted by molar-refractivity contribution is 7.47. The number of hydrogen-bond acceptors (Lipinski definition) is 9. The molecule has 13 heteroatoms.